The lowest BCUT2D eigenvalue weighted by Gasteiger charge is -2.00. The molecule has 1 N–H and O–H groups in total. The minimum atomic E-state index is -3.03. The Bertz CT molecular complexity index is 227. The summed E-state index contributed by atoms with van der Waals surface area (Å²) in [5.74, 6) is 0.573. The van der Waals surface area contributed by atoms with Crippen molar-refractivity contribution in [3.05, 3.63) is 0 Å². The number of nitrogens with one attached hydrogen (secondary N) is 1. The molecular weight excluding hydrogens is 230 g/mol. The molecule has 1 aliphatic rings. The number of rotatable bonds is 4. The van der Waals surface area contributed by atoms with Gasteiger partial charge in [0.2, 0.25) is 10.0 Å². The zero-order valence-corrected chi connectivity index (χ0v) is 8.78. The highest BCUT2D eigenvalue weighted by atomic mass is 79.9. The van der Waals surface area contributed by atoms with E-state index in [0.29, 0.717) is 5.92 Å². The molecule has 0 unspecified atom stereocenters. The van der Waals surface area contributed by atoms with Gasteiger partial charge in [-0.05, 0) is 12.3 Å². The summed E-state index contributed by atoms with van der Waals surface area (Å²) >= 11 is 2.92. The van der Waals surface area contributed by atoms with Gasteiger partial charge in [0.05, 0.1) is 0 Å². The molecule has 11 heavy (non-hydrogen) atoms. The highest BCUT2D eigenvalue weighted by Crippen LogP contribution is 2.33. The van der Waals surface area contributed by atoms with Crippen molar-refractivity contribution < 1.29 is 8.42 Å². The summed E-state index contributed by atoms with van der Waals surface area (Å²) in [6.45, 7) is 2.08. The standard InChI is InChI=1S/C6H12BrNO2S/c1-2-5-3-6(5)8-11(9,10)4-7/h5-6,8H,2-4H2,1H3/t5-,6-/m1/s1. The van der Waals surface area contributed by atoms with Crippen molar-refractivity contribution in [2.75, 3.05) is 4.66 Å². The van der Waals surface area contributed by atoms with Crippen molar-refractivity contribution in [2.45, 2.75) is 25.8 Å². The van der Waals surface area contributed by atoms with Crippen molar-refractivity contribution in [3.63, 3.8) is 0 Å². The first kappa shape index (κ1) is 9.48. The fourth-order valence-corrected chi connectivity index (χ4v) is 2.31. The molecular formula is C6H12BrNO2S. The van der Waals surface area contributed by atoms with Crippen LogP contribution in [0.2, 0.25) is 0 Å². The summed E-state index contributed by atoms with van der Waals surface area (Å²) in [6.07, 6.45) is 2.07. The molecule has 0 aliphatic heterocycles. The Morgan fingerprint density at radius 3 is 2.64 bits per heavy atom. The second kappa shape index (κ2) is 3.41. The van der Waals surface area contributed by atoms with Crippen LogP contribution < -0.4 is 4.72 Å². The predicted molar refractivity (Wildman–Crippen MR) is 48.0 cm³/mol. The first-order chi connectivity index (χ1) is 5.09. The molecule has 1 fully saturated rings. The van der Waals surface area contributed by atoms with E-state index in [4.69, 9.17) is 0 Å². The average molecular weight is 242 g/mol. The third kappa shape index (κ3) is 2.72. The molecule has 0 amide bonds. The Morgan fingerprint density at radius 2 is 2.27 bits per heavy atom. The molecule has 0 heterocycles. The predicted octanol–water partition coefficient (Wildman–Crippen LogP) is 1.06. The van der Waals surface area contributed by atoms with Crippen molar-refractivity contribution in [3.8, 4) is 0 Å². The van der Waals surface area contributed by atoms with Crippen LogP contribution in [-0.2, 0) is 10.0 Å². The smallest absolute Gasteiger partial charge is 0.212 e. The molecule has 0 aromatic heterocycles. The molecule has 3 nitrogen and oxygen atoms in total. The first-order valence-electron chi connectivity index (χ1n) is 3.65. The summed E-state index contributed by atoms with van der Waals surface area (Å²) < 4.78 is 24.5. The van der Waals surface area contributed by atoms with E-state index in [2.05, 4.69) is 27.6 Å². The zero-order valence-electron chi connectivity index (χ0n) is 6.38. The van der Waals surface area contributed by atoms with E-state index >= 15 is 0 Å². The third-order valence-electron chi connectivity index (χ3n) is 1.92. The van der Waals surface area contributed by atoms with Gasteiger partial charge in [-0.15, -0.1) is 0 Å². The fourth-order valence-electron chi connectivity index (χ4n) is 1.11. The average Bonchev–Trinajstić information content (AvgIpc) is 2.67. The lowest BCUT2D eigenvalue weighted by molar-refractivity contribution is 0.581. The Hall–Kier alpha value is 0.390. The van der Waals surface area contributed by atoms with E-state index in [-0.39, 0.29) is 10.7 Å². The van der Waals surface area contributed by atoms with Gasteiger partial charge in [0.15, 0.2) is 0 Å². The second-order valence-electron chi connectivity index (χ2n) is 2.85. The normalized spacial score (nSPS) is 30.4. The lowest BCUT2D eigenvalue weighted by atomic mass is 10.3. The number of sulfonamides is 1. The van der Waals surface area contributed by atoms with Gasteiger partial charge in [0.25, 0.3) is 0 Å². The maximum Gasteiger partial charge on any atom is 0.221 e. The first-order valence-corrected chi connectivity index (χ1v) is 6.42. The van der Waals surface area contributed by atoms with Gasteiger partial charge in [-0.3, -0.25) is 0 Å². The Morgan fingerprint density at radius 1 is 1.64 bits per heavy atom. The SMILES string of the molecule is CC[C@@H]1C[C@H]1NS(=O)(=O)CBr. The van der Waals surface area contributed by atoms with E-state index in [9.17, 15) is 8.42 Å². The number of halogens is 1. The molecule has 0 radical (unpaired) electrons. The molecule has 0 saturated heterocycles. The van der Waals surface area contributed by atoms with Crippen LogP contribution in [0.3, 0.4) is 0 Å². The Balaban J connectivity index is 2.34. The van der Waals surface area contributed by atoms with Crippen LogP contribution in [-0.4, -0.2) is 19.1 Å². The number of hydrogen-bond acceptors (Lipinski definition) is 2. The van der Waals surface area contributed by atoms with Gasteiger partial charge in [-0.25, -0.2) is 13.1 Å². The molecule has 0 aromatic carbocycles. The molecule has 66 valence electrons. The molecule has 1 saturated carbocycles. The third-order valence-corrected chi connectivity index (χ3v) is 4.68. The molecule has 0 bridgehead atoms. The zero-order chi connectivity index (χ0) is 8.48. The van der Waals surface area contributed by atoms with E-state index in [1.165, 1.54) is 0 Å². The van der Waals surface area contributed by atoms with Crippen LogP contribution >= 0.6 is 15.9 Å². The van der Waals surface area contributed by atoms with Gasteiger partial charge < -0.3 is 0 Å². The van der Waals surface area contributed by atoms with Crippen LogP contribution in [0.15, 0.2) is 0 Å². The molecule has 0 spiro atoms. The summed E-state index contributed by atoms with van der Waals surface area (Å²) in [5, 5.41) is 0. The van der Waals surface area contributed by atoms with Crippen LogP contribution in [0.1, 0.15) is 19.8 Å². The summed E-state index contributed by atoms with van der Waals surface area (Å²) in [5.41, 5.74) is 0. The van der Waals surface area contributed by atoms with Gasteiger partial charge in [-0.1, -0.05) is 29.3 Å². The quantitative estimate of drug-likeness (QED) is 0.749. The van der Waals surface area contributed by atoms with Crippen LogP contribution in [0.4, 0.5) is 0 Å². The monoisotopic (exact) mass is 241 g/mol. The van der Waals surface area contributed by atoms with Crippen molar-refractivity contribution in [2.24, 2.45) is 5.92 Å². The van der Waals surface area contributed by atoms with Gasteiger partial charge in [0, 0.05) is 6.04 Å². The molecule has 2 atom stereocenters. The molecule has 1 aliphatic carbocycles. The summed E-state index contributed by atoms with van der Waals surface area (Å²) in [6, 6.07) is 0.211. The summed E-state index contributed by atoms with van der Waals surface area (Å²) in [4.78, 5) is 0. The van der Waals surface area contributed by atoms with Crippen molar-refractivity contribution in [1.82, 2.24) is 4.72 Å². The summed E-state index contributed by atoms with van der Waals surface area (Å²) in [7, 11) is -3.03. The van der Waals surface area contributed by atoms with Crippen LogP contribution in [0.5, 0.6) is 0 Å². The van der Waals surface area contributed by atoms with Crippen molar-refractivity contribution >= 4 is 26.0 Å². The van der Waals surface area contributed by atoms with Crippen LogP contribution in [0, 0.1) is 5.92 Å². The minimum absolute atomic E-state index is 0.00688. The largest absolute Gasteiger partial charge is 0.221 e. The van der Waals surface area contributed by atoms with E-state index in [0.717, 1.165) is 12.8 Å². The van der Waals surface area contributed by atoms with Crippen molar-refractivity contribution in [1.29, 1.82) is 0 Å². The molecule has 1 rings (SSSR count). The second-order valence-corrected chi connectivity index (χ2v) is 5.91. The van der Waals surface area contributed by atoms with Gasteiger partial charge in [0.1, 0.15) is 4.66 Å². The number of alkyl halides is 1. The highest BCUT2D eigenvalue weighted by Gasteiger charge is 2.37. The lowest BCUT2D eigenvalue weighted by Crippen LogP contribution is -2.27. The van der Waals surface area contributed by atoms with Crippen LogP contribution in [0.25, 0.3) is 0 Å². The fraction of sp³-hybridized carbons (Fsp3) is 1.00. The molecule has 0 aromatic rings. The van der Waals surface area contributed by atoms with Gasteiger partial charge >= 0.3 is 0 Å². The maximum absolute atomic E-state index is 11.0. The highest BCUT2D eigenvalue weighted by molar-refractivity contribution is 9.10. The van der Waals surface area contributed by atoms with E-state index < -0.39 is 10.0 Å². The minimum Gasteiger partial charge on any atom is -0.212 e. The topological polar surface area (TPSA) is 46.2 Å². The van der Waals surface area contributed by atoms with Gasteiger partial charge in [-0.2, -0.15) is 0 Å². The number of hydrogen-bond donors (Lipinski definition) is 1. The Labute approximate surface area is 75.7 Å². The Kier molecular flexibility index (Phi) is 2.94. The van der Waals surface area contributed by atoms with E-state index in [1.807, 2.05) is 0 Å². The maximum atomic E-state index is 11.0. The molecule has 5 heteroatoms. The van der Waals surface area contributed by atoms with E-state index in [1.54, 1.807) is 0 Å².